The van der Waals surface area contributed by atoms with Crippen LogP contribution < -0.4 is 10.6 Å². The molecule has 0 bridgehead atoms. The van der Waals surface area contributed by atoms with Crippen molar-refractivity contribution in [1.82, 2.24) is 4.98 Å². The van der Waals surface area contributed by atoms with Crippen molar-refractivity contribution in [1.29, 1.82) is 0 Å². The minimum absolute atomic E-state index is 0.0514. The summed E-state index contributed by atoms with van der Waals surface area (Å²) < 4.78 is 0. The molecular weight excluding hydrogens is 274 g/mol. The largest absolute Gasteiger partial charge is 0.381 e. The average molecular weight is 297 g/mol. The number of hydrogen-bond acceptors (Lipinski definition) is 3. The average Bonchev–Trinajstić information content (AvgIpc) is 2.51. The fourth-order valence-corrected chi connectivity index (χ4v) is 2.11. The molecule has 2 N–H and O–H groups in total. The zero-order chi connectivity index (χ0) is 15.9. The highest BCUT2D eigenvalue weighted by atomic mass is 16.1. The number of anilines is 2. The Balaban J connectivity index is 1.93. The van der Waals surface area contributed by atoms with Gasteiger partial charge in [0, 0.05) is 6.04 Å². The number of aromatic nitrogens is 1. The zero-order valence-electron chi connectivity index (χ0n) is 13.4. The van der Waals surface area contributed by atoms with E-state index in [1.807, 2.05) is 43.3 Å². The standard InChI is InChI=1S/C18H23N3O/c1-4-14(3)20-16-9-10-17(19-12-16)21-18(22)11-15-8-6-5-7-13(15)2/h5-10,12,14,20H,4,11H2,1-3H3,(H,19,21,22). The van der Waals surface area contributed by atoms with Gasteiger partial charge in [0.25, 0.3) is 0 Å². The molecular formula is C18H23N3O. The maximum Gasteiger partial charge on any atom is 0.229 e. The van der Waals surface area contributed by atoms with Gasteiger partial charge in [-0.1, -0.05) is 31.2 Å². The first-order valence-electron chi connectivity index (χ1n) is 7.65. The molecule has 0 aliphatic rings. The summed E-state index contributed by atoms with van der Waals surface area (Å²) in [6, 6.07) is 12.1. The van der Waals surface area contributed by atoms with Crippen molar-refractivity contribution in [3.8, 4) is 0 Å². The van der Waals surface area contributed by atoms with Gasteiger partial charge < -0.3 is 10.6 Å². The summed E-state index contributed by atoms with van der Waals surface area (Å²) in [5, 5.41) is 6.18. The normalized spacial score (nSPS) is 11.8. The van der Waals surface area contributed by atoms with Crippen LogP contribution in [0, 0.1) is 6.92 Å². The van der Waals surface area contributed by atoms with Crippen molar-refractivity contribution in [3.63, 3.8) is 0 Å². The number of pyridine rings is 1. The molecule has 22 heavy (non-hydrogen) atoms. The minimum atomic E-state index is -0.0514. The Morgan fingerprint density at radius 1 is 1.23 bits per heavy atom. The summed E-state index contributed by atoms with van der Waals surface area (Å²) in [4.78, 5) is 16.4. The highest BCUT2D eigenvalue weighted by Crippen LogP contribution is 2.13. The molecule has 4 nitrogen and oxygen atoms in total. The lowest BCUT2D eigenvalue weighted by molar-refractivity contribution is -0.115. The van der Waals surface area contributed by atoms with Gasteiger partial charge in [-0.25, -0.2) is 4.98 Å². The SMILES string of the molecule is CCC(C)Nc1ccc(NC(=O)Cc2ccccc2C)nc1. The number of aryl methyl sites for hydroxylation is 1. The Labute approximate surface area is 132 Å². The summed E-state index contributed by atoms with van der Waals surface area (Å²) in [5.41, 5.74) is 3.13. The Morgan fingerprint density at radius 2 is 2.00 bits per heavy atom. The van der Waals surface area contributed by atoms with Gasteiger partial charge >= 0.3 is 0 Å². The first-order valence-corrected chi connectivity index (χ1v) is 7.65. The summed E-state index contributed by atoms with van der Waals surface area (Å²) >= 11 is 0. The molecule has 0 radical (unpaired) electrons. The van der Waals surface area contributed by atoms with Crippen LogP contribution in [0.15, 0.2) is 42.6 Å². The Hall–Kier alpha value is -2.36. The number of hydrogen-bond donors (Lipinski definition) is 2. The molecule has 0 saturated heterocycles. The van der Waals surface area contributed by atoms with E-state index in [0.717, 1.165) is 23.2 Å². The number of carbonyl (C=O) groups is 1. The second kappa shape index (κ2) is 7.59. The smallest absolute Gasteiger partial charge is 0.229 e. The maximum absolute atomic E-state index is 12.1. The molecule has 116 valence electrons. The first kappa shape index (κ1) is 16.0. The van der Waals surface area contributed by atoms with Crippen molar-refractivity contribution in [2.24, 2.45) is 0 Å². The van der Waals surface area contributed by atoms with Crippen molar-refractivity contribution >= 4 is 17.4 Å². The molecule has 1 aromatic heterocycles. The fraction of sp³-hybridized carbons (Fsp3) is 0.333. The van der Waals surface area contributed by atoms with Crippen molar-refractivity contribution in [3.05, 3.63) is 53.7 Å². The molecule has 1 amide bonds. The Kier molecular flexibility index (Phi) is 5.53. The number of nitrogens with one attached hydrogen (secondary N) is 2. The van der Waals surface area contributed by atoms with Gasteiger partial charge in [-0.15, -0.1) is 0 Å². The van der Waals surface area contributed by atoms with E-state index in [0.29, 0.717) is 18.3 Å². The Bertz CT molecular complexity index is 622. The molecule has 1 aromatic carbocycles. The molecule has 0 saturated carbocycles. The lowest BCUT2D eigenvalue weighted by Gasteiger charge is -2.13. The number of amides is 1. The van der Waals surface area contributed by atoms with Crippen LogP contribution >= 0.6 is 0 Å². The first-order chi connectivity index (χ1) is 10.6. The van der Waals surface area contributed by atoms with Crippen molar-refractivity contribution in [2.45, 2.75) is 39.7 Å². The van der Waals surface area contributed by atoms with E-state index in [2.05, 4.69) is 29.5 Å². The maximum atomic E-state index is 12.1. The predicted molar refractivity (Wildman–Crippen MR) is 91.1 cm³/mol. The minimum Gasteiger partial charge on any atom is -0.381 e. The summed E-state index contributed by atoms with van der Waals surface area (Å²) in [7, 11) is 0. The lowest BCUT2D eigenvalue weighted by atomic mass is 10.1. The van der Waals surface area contributed by atoms with Gasteiger partial charge in [0.15, 0.2) is 0 Å². The van der Waals surface area contributed by atoms with Crippen LogP contribution in [-0.4, -0.2) is 16.9 Å². The molecule has 1 unspecified atom stereocenters. The van der Waals surface area contributed by atoms with Gasteiger partial charge in [0.05, 0.1) is 18.3 Å². The van der Waals surface area contributed by atoms with E-state index in [4.69, 9.17) is 0 Å². The van der Waals surface area contributed by atoms with Gasteiger partial charge in [0.1, 0.15) is 5.82 Å². The monoisotopic (exact) mass is 297 g/mol. The lowest BCUT2D eigenvalue weighted by Crippen LogP contribution is -2.16. The van der Waals surface area contributed by atoms with Gasteiger partial charge in [-0.2, -0.15) is 0 Å². The molecule has 0 fully saturated rings. The molecule has 0 spiro atoms. The van der Waals surface area contributed by atoms with Crippen LogP contribution in [0.4, 0.5) is 11.5 Å². The van der Waals surface area contributed by atoms with Crippen LogP contribution in [0.2, 0.25) is 0 Å². The third kappa shape index (κ3) is 4.58. The van der Waals surface area contributed by atoms with E-state index in [1.54, 1.807) is 6.20 Å². The second-order valence-corrected chi connectivity index (χ2v) is 5.54. The number of carbonyl (C=O) groups excluding carboxylic acids is 1. The Morgan fingerprint density at radius 3 is 2.64 bits per heavy atom. The molecule has 1 heterocycles. The predicted octanol–water partition coefficient (Wildman–Crippen LogP) is 3.78. The van der Waals surface area contributed by atoms with Gasteiger partial charge in [-0.3, -0.25) is 4.79 Å². The number of rotatable bonds is 6. The van der Waals surface area contributed by atoms with Crippen LogP contribution in [0.5, 0.6) is 0 Å². The second-order valence-electron chi connectivity index (χ2n) is 5.54. The fourth-order valence-electron chi connectivity index (χ4n) is 2.11. The van der Waals surface area contributed by atoms with E-state index < -0.39 is 0 Å². The van der Waals surface area contributed by atoms with Gasteiger partial charge in [0.2, 0.25) is 5.91 Å². The quantitative estimate of drug-likeness (QED) is 0.853. The summed E-state index contributed by atoms with van der Waals surface area (Å²) in [6.45, 7) is 6.26. The molecule has 0 aliphatic carbocycles. The third-order valence-corrected chi connectivity index (χ3v) is 3.67. The molecule has 2 rings (SSSR count). The van der Waals surface area contributed by atoms with E-state index in [1.165, 1.54) is 0 Å². The van der Waals surface area contributed by atoms with Crippen LogP contribution in [0.25, 0.3) is 0 Å². The van der Waals surface area contributed by atoms with Crippen LogP contribution in [-0.2, 0) is 11.2 Å². The summed E-state index contributed by atoms with van der Waals surface area (Å²) in [5.74, 6) is 0.526. The van der Waals surface area contributed by atoms with Crippen molar-refractivity contribution in [2.75, 3.05) is 10.6 Å². The number of nitrogens with zero attached hydrogens (tertiary/aromatic N) is 1. The van der Waals surface area contributed by atoms with E-state index >= 15 is 0 Å². The zero-order valence-corrected chi connectivity index (χ0v) is 13.4. The molecule has 1 atom stereocenters. The number of benzene rings is 1. The highest BCUT2D eigenvalue weighted by Gasteiger charge is 2.07. The molecule has 0 aliphatic heterocycles. The third-order valence-electron chi connectivity index (χ3n) is 3.67. The van der Waals surface area contributed by atoms with Crippen LogP contribution in [0.3, 0.4) is 0 Å². The van der Waals surface area contributed by atoms with E-state index in [-0.39, 0.29) is 5.91 Å². The highest BCUT2D eigenvalue weighted by molar-refractivity contribution is 5.91. The van der Waals surface area contributed by atoms with Crippen LogP contribution in [0.1, 0.15) is 31.4 Å². The molecule has 4 heteroatoms. The topological polar surface area (TPSA) is 54.0 Å². The van der Waals surface area contributed by atoms with Gasteiger partial charge in [-0.05, 0) is 43.5 Å². The van der Waals surface area contributed by atoms with E-state index in [9.17, 15) is 4.79 Å². The summed E-state index contributed by atoms with van der Waals surface area (Å²) in [6.07, 6.45) is 3.16. The van der Waals surface area contributed by atoms with Crippen molar-refractivity contribution < 1.29 is 4.79 Å². The molecule has 2 aromatic rings.